The Morgan fingerprint density at radius 1 is 1.18 bits per heavy atom. The lowest BCUT2D eigenvalue weighted by Gasteiger charge is -2.09. The summed E-state index contributed by atoms with van der Waals surface area (Å²) in [7, 11) is 3.42. The summed E-state index contributed by atoms with van der Waals surface area (Å²) in [6.45, 7) is 0. The second-order valence-corrected chi connectivity index (χ2v) is 6.99. The van der Waals surface area contributed by atoms with Crippen LogP contribution in [0.2, 0.25) is 0 Å². The van der Waals surface area contributed by atoms with Crippen LogP contribution in [-0.4, -0.2) is 33.5 Å². The number of hydrogen-bond acceptors (Lipinski definition) is 6. The third kappa shape index (κ3) is 3.59. The van der Waals surface area contributed by atoms with E-state index >= 15 is 0 Å². The Balaban J connectivity index is 1.45. The minimum atomic E-state index is -0.150. The number of carbonyl (C=O) groups excluding carboxylic acids is 1. The van der Waals surface area contributed by atoms with Crippen LogP contribution in [-0.2, 0) is 11.8 Å². The number of rotatable bonds is 6. The average molecular weight is 394 g/mol. The van der Waals surface area contributed by atoms with Crippen LogP contribution >= 0.6 is 11.8 Å². The molecule has 2 aromatic carbocycles. The van der Waals surface area contributed by atoms with Crippen molar-refractivity contribution in [3.63, 3.8) is 0 Å². The number of fused-ring (bicyclic) bond motifs is 1. The summed E-state index contributed by atoms with van der Waals surface area (Å²) in [6, 6.07) is 17.0. The molecule has 1 N–H and O–H groups in total. The quantitative estimate of drug-likeness (QED) is 0.498. The van der Waals surface area contributed by atoms with Crippen LogP contribution in [0.5, 0.6) is 5.75 Å². The van der Waals surface area contributed by atoms with Gasteiger partial charge in [0.2, 0.25) is 5.91 Å². The molecule has 0 saturated carbocycles. The summed E-state index contributed by atoms with van der Waals surface area (Å²) in [5, 5.41) is 12.9. The molecular weight excluding hydrogens is 376 g/mol. The molecule has 0 bridgehead atoms. The molecule has 2 heterocycles. The number of carbonyl (C=O) groups is 1. The summed E-state index contributed by atoms with van der Waals surface area (Å²) in [4.78, 5) is 12.3. The third-order valence-electron chi connectivity index (χ3n) is 4.19. The summed E-state index contributed by atoms with van der Waals surface area (Å²) < 4.78 is 12.9. The first-order chi connectivity index (χ1) is 13.7. The molecule has 4 aromatic rings. The van der Waals surface area contributed by atoms with Crippen molar-refractivity contribution in [2.24, 2.45) is 7.05 Å². The van der Waals surface area contributed by atoms with Gasteiger partial charge in [0.05, 0.1) is 18.6 Å². The first-order valence-electron chi connectivity index (χ1n) is 8.59. The molecule has 0 fully saturated rings. The number of furan rings is 1. The Labute approximate surface area is 165 Å². The second-order valence-electron chi connectivity index (χ2n) is 6.05. The van der Waals surface area contributed by atoms with E-state index in [0.717, 1.165) is 11.0 Å². The number of methoxy groups -OCH3 is 1. The smallest absolute Gasteiger partial charge is 0.234 e. The third-order valence-corrected chi connectivity index (χ3v) is 5.21. The van der Waals surface area contributed by atoms with Crippen molar-refractivity contribution >= 4 is 34.3 Å². The van der Waals surface area contributed by atoms with Crippen molar-refractivity contribution in [2.45, 2.75) is 5.16 Å². The van der Waals surface area contributed by atoms with Crippen molar-refractivity contribution in [1.29, 1.82) is 0 Å². The van der Waals surface area contributed by atoms with Gasteiger partial charge in [0.25, 0.3) is 0 Å². The van der Waals surface area contributed by atoms with Gasteiger partial charge in [0.1, 0.15) is 11.3 Å². The standard InChI is InChI=1S/C20H18N4O3S/c1-24-19(17-11-13-7-3-5-9-15(13)27-17)22-23-20(24)28-12-18(25)21-14-8-4-6-10-16(14)26-2/h3-11H,12H2,1-2H3,(H,21,25). The van der Waals surface area contributed by atoms with Gasteiger partial charge < -0.3 is 19.0 Å². The van der Waals surface area contributed by atoms with Crippen LogP contribution in [0.3, 0.4) is 0 Å². The van der Waals surface area contributed by atoms with Crippen molar-refractivity contribution in [3.05, 3.63) is 54.6 Å². The van der Waals surface area contributed by atoms with Gasteiger partial charge in [0.15, 0.2) is 16.7 Å². The fourth-order valence-electron chi connectivity index (χ4n) is 2.81. The van der Waals surface area contributed by atoms with Crippen LogP contribution in [0, 0.1) is 0 Å². The van der Waals surface area contributed by atoms with Crippen molar-refractivity contribution in [1.82, 2.24) is 14.8 Å². The minimum Gasteiger partial charge on any atom is -0.495 e. The van der Waals surface area contributed by atoms with E-state index in [9.17, 15) is 4.79 Å². The van der Waals surface area contributed by atoms with Crippen LogP contribution < -0.4 is 10.1 Å². The number of nitrogens with zero attached hydrogens (tertiary/aromatic N) is 3. The molecule has 0 saturated heterocycles. The fraction of sp³-hybridized carbons (Fsp3) is 0.150. The molecule has 0 unspecified atom stereocenters. The Hall–Kier alpha value is -3.26. The maximum Gasteiger partial charge on any atom is 0.234 e. The molecule has 0 aliphatic heterocycles. The Morgan fingerprint density at radius 3 is 2.79 bits per heavy atom. The molecule has 7 nitrogen and oxygen atoms in total. The van der Waals surface area contributed by atoms with Gasteiger partial charge in [-0.2, -0.15) is 0 Å². The number of ether oxygens (including phenoxy) is 1. The monoisotopic (exact) mass is 394 g/mol. The first-order valence-corrected chi connectivity index (χ1v) is 9.58. The largest absolute Gasteiger partial charge is 0.495 e. The second kappa shape index (κ2) is 7.77. The predicted molar refractivity (Wildman–Crippen MR) is 109 cm³/mol. The normalized spacial score (nSPS) is 10.9. The SMILES string of the molecule is COc1ccccc1NC(=O)CSc1nnc(-c2cc3ccccc3o2)n1C. The predicted octanol–water partition coefficient (Wildman–Crippen LogP) is 3.97. The zero-order valence-corrected chi connectivity index (χ0v) is 16.2. The van der Waals surface area contributed by atoms with Crippen LogP contribution in [0.15, 0.2) is 64.2 Å². The lowest BCUT2D eigenvalue weighted by atomic mass is 10.2. The van der Waals surface area contributed by atoms with E-state index in [-0.39, 0.29) is 11.7 Å². The fourth-order valence-corrected chi connectivity index (χ4v) is 3.52. The number of thioether (sulfide) groups is 1. The van der Waals surface area contributed by atoms with E-state index in [4.69, 9.17) is 9.15 Å². The van der Waals surface area contributed by atoms with E-state index < -0.39 is 0 Å². The number of benzene rings is 2. The highest BCUT2D eigenvalue weighted by atomic mass is 32.2. The number of amides is 1. The molecule has 0 aliphatic carbocycles. The number of hydrogen-bond donors (Lipinski definition) is 1. The molecule has 0 spiro atoms. The maximum absolute atomic E-state index is 12.3. The van der Waals surface area contributed by atoms with Gasteiger partial charge in [0, 0.05) is 12.4 Å². The summed E-state index contributed by atoms with van der Waals surface area (Å²) >= 11 is 1.31. The van der Waals surface area contributed by atoms with E-state index in [1.807, 2.05) is 54.1 Å². The molecule has 1 amide bonds. The van der Waals surface area contributed by atoms with Gasteiger partial charge >= 0.3 is 0 Å². The number of anilines is 1. The topological polar surface area (TPSA) is 82.2 Å². The molecule has 2 aromatic heterocycles. The molecule has 0 aliphatic rings. The van der Waals surface area contributed by atoms with Gasteiger partial charge in [-0.15, -0.1) is 10.2 Å². The zero-order valence-electron chi connectivity index (χ0n) is 15.4. The highest BCUT2D eigenvalue weighted by Gasteiger charge is 2.16. The van der Waals surface area contributed by atoms with Crippen molar-refractivity contribution < 1.29 is 13.9 Å². The highest BCUT2D eigenvalue weighted by Crippen LogP contribution is 2.29. The van der Waals surface area contributed by atoms with Crippen LogP contribution in [0.1, 0.15) is 0 Å². The highest BCUT2D eigenvalue weighted by molar-refractivity contribution is 7.99. The zero-order chi connectivity index (χ0) is 19.5. The average Bonchev–Trinajstić information content (AvgIpc) is 3.29. The van der Waals surface area contributed by atoms with Crippen LogP contribution in [0.25, 0.3) is 22.6 Å². The Morgan fingerprint density at radius 2 is 1.96 bits per heavy atom. The summed E-state index contributed by atoms with van der Waals surface area (Å²) in [5.41, 5.74) is 1.43. The van der Waals surface area contributed by atoms with Gasteiger partial charge in [-0.1, -0.05) is 42.1 Å². The lowest BCUT2D eigenvalue weighted by Crippen LogP contribution is -2.15. The van der Waals surface area contributed by atoms with Gasteiger partial charge in [-0.05, 0) is 24.3 Å². The number of aromatic nitrogens is 3. The minimum absolute atomic E-state index is 0.150. The maximum atomic E-state index is 12.3. The molecule has 28 heavy (non-hydrogen) atoms. The van der Waals surface area contributed by atoms with E-state index in [0.29, 0.717) is 28.2 Å². The van der Waals surface area contributed by atoms with Crippen molar-refractivity contribution in [3.8, 4) is 17.3 Å². The van der Waals surface area contributed by atoms with Gasteiger partial charge in [-0.3, -0.25) is 4.79 Å². The molecule has 8 heteroatoms. The van der Waals surface area contributed by atoms with E-state index in [1.54, 1.807) is 19.2 Å². The van der Waals surface area contributed by atoms with Gasteiger partial charge in [-0.25, -0.2) is 0 Å². The van der Waals surface area contributed by atoms with E-state index in [2.05, 4.69) is 15.5 Å². The number of para-hydroxylation sites is 3. The van der Waals surface area contributed by atoms with Crippen LogP contribution in [0.4, 0.5) is 5.69 Å². The number of nitrogens with one attached hydrogen (secondary N) is 1. The summed E-state index contributed by atoms with van der Waals surface area (Å²) in [6.07, 6.45) is 0. The van der Waals surface area contributed by atoms with E-state index in [1.165, 1.54) is 11.8 Å². The summed E-state index contributed by atoms with van der Waals surface area (Å²) in [5.74, 6) is 1.92. The lowest BCUT2D eigenvalue weighted by molar-refractivity contribution is -0.113. The Kier molecular flexibility index (Phi) is 5.03. The molecule has 0 atom stereocenters. The van der Waals surface area contributed by atoms with Crippen molar-refractivity contribution in [2.75, 3.05) is 18.2 Å². The molecule has 4 rings (SSSR count). The Bertz CT molecular complexity index is 1100. The molecule has 142 valence electrons. The molecular formula is C20H18N4O3S. The molecule has 0 radical (unpaired) electrons. The first kappa shape index (κ1) is 18.1.